The van der Waals surface area contributed by atoms with Gasteiger partial charge in [-0.1, -0.05) is 18.2 Å². The molecule has 0 atom stereocenters. The van der Waals surface area contributed by atoms with Crippen LogP contribution in [0.25, 0.3) is 22.6 Å². The van der Waals surface area contributed by atoms with Gasteiger partial charge in [0.15, 0.2) is 5.82 Å². The molecule has 4 rings (SSSR count). The number of nitrogens with zero attached hydrogens (tertiary/aromatic N) is 3. The van der Waals surface area contributed by atoms with E-state index in [0.29, 0.717) is 5.82 Å². The third kappa shape index (κ3) is 3.00. The topological polar surface area (TPSA) is 29.0 Å². The lowest BCUT2D eigenvalue weighted by atomic mass is 10.0. The molecule has 0 unspecified atom stereocenters. The van der Waals surface area contributed by atoms with E-state index in [0.717, 1.165) is 34.8 Å². The van der Waals surface area contributed by atoms with Crippen molar-refractivity contribution in [3.8, 4) is 22.6 Å². The number of thioether (sulfide) groups is 1. The summed E-state index contributed by atoms with van der Waals surface area (Å²) in [4.78, 5) is 12.9. The van der Waals surface area contributed by atoms with Gasteiger partial charge in [0.05, 0.1) is 5.69 Å². The maximum absolute atomic E-state index is 13.3. The molecule has 25 heavy (non-hydrogen) atoms. The van der Waals surface area contributed by atoms with Crippen LogP contribution in [-0.2, 0) is 6.42 Å². The molecule has 0 saturated heterocycles. The molecule has 0 amide bonds. The summed E-state index contributed by atoms with van der Waals surface area (Å²) in [5.74, 6) is 2.31. The fourth-order valence-electron chi connectivity index (χ4n) is 3.07. The number of anilines is 1. The van der Waals surface area contributed by atoms with Gasteiger partial charge >= 0.3 is 0 Å². The van der Waals surface area contributed by atoms with Crippen molar-refractivity contribution >= 4 is 17.6 Å². The summed E-state index contributed by atoms with van der Waals surface area (Å²) in [6.45, 7) is 0. The second kappa shape index (κ2) is 6.48. The van der Waals surface area contributed by atoms with Gasteiger partial charge in [-0.25, -0.2) is 14.4 Å². The van der Waals surface area contributed by atoms with E-state index >= 15 is 0 Å². The highest BCUT2D eigenvalue weighted by molar-refractivity contribution is 7.99. The first kappa shape index (κ1) is 16.1. The second-order valence-electron chi connectivity index (χ2n) is 6.19. The average molecular weight is 351 g/mol. The Kier molecular flexibility index (Phi) is 4.17. The van der Waals surface area contributed by atoms with Crippen LogP contribution in [0.5, 0.6) is 0 Å². The maximum Gasteiger partial charge on any atom is 0.162 e. The van der Waals surface area contributed by atoms with Gasteiger partial charge in [0, 0.05) is 41.4 Å². The van der Waals surface area contributed by atoms with Crippen LogP contribution < -0.4 is 4.90 Å². The fourth-order valence-corrected chi connectivity index (χ4v) is 4.10. The van der Waals surface area contributed by atoms with Gasteiger partial charge in [-0.2, -0.15) is 0 Å². The summed E-state index contributed by atoms with van der Waals surface area (Å²) in [5.41, 5.74) is 4.13. The third-order valence-electron chi connectivity index (χ3n) is 4.26. The number of rotatable bonds is 2. The van der Waals surface area contributed by atoms with Crippen molar-refractivity contribution < 1.29 is 4.39 Å². The Balaban J connectivity index is 1.98. The number of hydrogen-bond donors (Lipinski definition) is 0. The van der Waals surface area contributed by atoms with Crippen LogP contribution in [0.4, 0.5) is 10.2 Å². The quantitative estimate of drug-likeness (QED) is 0.671. The number of hydrogen-bond acceptors (Lipinski definition) is 4. The van der Waals surface area contributed by atoms with Crippen molar-refractivity contribution in [3.05, 3.63) is 59.9 Å². The molecule has 0 aliphatic carbocycles. The molecule has 0 fully saturated rings. The predicted octanol–water partition coefficient (Wildman–Crippen LogP) is 4.66. The smallest absolute Gasteiger partial charge is 0.162 e. The van der Waals surface area contributed by atoms with E-state index in [2.05, 4.69) is 18.2 Å². The van der Waals surface area contributed by atoms with Crippen molar-refractivity contribution in [2.24, 2.45) is 0 Å². The molecular weight excluding hydrogens is 333 g/mol. The highest BCUT2D eigenvalue weighted by atomic mass is 32.2. The van der Waals surface area contributed by atoms with Gasteiger partial charge in [0.2, 0.25) is 0 Å². The van der Waals surface area contributed by atoms with E-state index in [1.165, 1.54) is 22.6 Å². The summed E-state index contributed by atoms with van der Waals surface area (Å²) in [6.07, 6.45) is 0.923. The number of fused-ring (bicyclic) bond motifs is 3. The predicted molar refractivity (Wildman–Crippen MR) is 102 cm³/mol. The highest BCUT2D eigenvalue weighted by Gasteiger charge is 2.22. The zero-order chi connectivity index (χ0) is 17.4. The summed E-state index contributed by atoms with van der Waals surface area (Å²) in [7, 11) is 4.00. The highest BCUT2D eigenvalue weighted by Crippen LogP contribution is 2.40. The molecule has 1 aliphatic rings. The molecule has 2 aromatic carbocycles. The maximum atomic E-state index is 13.3. The minimum Gasteiger partial charge on any atom is -0.362 e. The standard InChI is InChI=1S/C20H18FN3S/c1-24(2)20-16-11-12-25-17-6-4-3-5-15(17)18(16)22-19(23-20)13-7-9-14(21)10-8-13/h3-10H,11-12H2,1-2H3. The average Bonchev–Trinajstić information content (AvgIpc) is 2.81. The fraction of sp³-hybridized carbons (Fsp3) is 0.200. The molecule has 0 spiro atoms. The summed E-state index contributed by atoms with van der Waals surface area (Å²) < 4.78 is 13.3. The van der Waals surface area contributed by atoms with Crippen molar-refractivity contribution in [2.45, 2.75) is 11.3 Å². The molecule has 5 heteroatoms. The normalized spacial score (nSPS) is 12.9. The van der Waals surface area contributed by atoms with Gasteiger partial charge in [-0.15, -0.1) is 11.8 Å². The Bertz CT molecular complexity index is 923. The van der Waals surface area contributed by atoms with Crippen LogP contribution in [0.1, 0.15) is 5.56 Å². The van der Waals surface area contributed by atoms with Crippen LogP contribution in [-0.4, -0.2) is 29.8 Å². The Morgan fingerprint density at radius 2 is 1.76 bits per heavy atom. The molecule has 1 aromatic heterocycles. The van der Waals surface area contributed by atoms with Crippen LogP contribution in [0.3, 0.4) is 0 Å². The lowest BCUT2D eigenvalue weighted by molar-refractivity contribution is 0.628. The van der Waals surface area contributed by atoms with Gasteiger partial charge in [0.1, 0.15) is 11.6 Å². The van der Waals surface area contributed by atoms with Crippen LogP contribution in [0, 0.1) is 5.82 Å². The largest absolute Gasteiger partial charge is 0.362 e. The first-order chi connectivity index (χ1) is 12.1. The summed E-state index contributed by atoms with van der Waals surface area (Å²) in [5, 5.41) is 0. The molecule has 0 saturated carbocycles. The lowest BCUT2D eigenvalue weighted by Crippen LogP contribution is -2.16. The van der Waals surface area contributed by atoms with E-state index in [-0.39, 0.29) is 5.82 Å². The SMILES string of the molecule is CN(C)c1nc(-c2ccc(F)cc2)nc2c1CCSc1ccccc1-2. The monoisotopic (exact) mass is 351 g/mol. The lowest BCUT2D eigenvalue weighted by Gasteiger charge is -2.19. The molecule has 126 valence electrons. The Labute approximate surface area is 150 Å². The Morgan fingerprint density at radius 1 is 1.00 bits per heavy atom. The molecule has 2 heterocycles. The zero-order valence-corrected chi connectivity index (χ0v) is 15.0. The molecule has 1 aliphatic heterocycles. The molecule has 3 aromatic rings. The van der Waals surface area contributed by atoms with E-state index < -0.39 is 0 Å². The van der Waals surface area contributed by atoms with Crippen LogP contribution in [0.2, 0.25) is 0 Å². The summed E-state index contributed by atoms with van der Waals surface area (Å²) >= 11 is 1.85. The van der Waals surface area contributed by atoms with Gasteiger partial charge < -0.3 is 4.90 Å². The minimum atomic E-state index is -0.256. The van der Waals surface area contributed by atoms with Gasteiger partial charge in [-0.3, -0.25) is 0 Å². The van der Waals surface area contributed by atoms with E-state index in [1.54, 1.807) is 12.1 Å². The molecule has 0 radical (unpaired) electrons. The third-order valence-corrected chi connectivity index (χ3v) is 5.34. The van der Waals surface area contributed by atoms with Crippen LogP contribution >= 0.6 is 11.8 Å². The van der Waals surface area contributed by atoms with Crippen LogP contribution in [0.15, 0.2) is 53.4 Å². The van der Waals surface area contributed by atoms with Crippen molar-refractivity contribution in [1.29, 1.82) is 0 Å². The second-order valence-corrected chi connectivity index (χ2v) is 7.33. The molecule has 3 nitrogen and oxygen atoms in total. The van der Waals surface area contributed by atoms with Crippen molar-refractivity contribution in [1.82, 2.24) is 9.97 Å². The van der Waals surface area contributed by atoms with Crippen molar-refractivity contribution in [3.63, 3.8) is 0 Å². The Morgan fingerprint density at radius 3 is 2.52 bits per heavy atom. The first-order valence-corrected chi connectivity index (χ1v) is 9.18. The van der Waals surface area contributed by atoms with E-state index in [9.17, 15) is 4.39 Å². The zero-order valence-electron chi connectivity index (χ0n) is 14.2. The first-order valence-electron chi connectivity index (χ1n) is 8.20. The van der Waals surface area contributed by atoms with E-state index in [4.69, 9.17) is 9.97 Å². The summed E-state index contributed by atoms with van der Waals surface area (Å²) in [6, 6.07) is 14.7. The number of aromatic nitrogens is 2. The van der Waals surface area contributed by atoms with Gasteiger partial charge in [-0.05, 0) is 36.8 Å². The van der Waals surface area contributed by atoms with Crippen molar-refractivity contribution in [2.75, 3.05) is 24.7 Å². The Hall–Kier alpha value is -2.40. The van der Waals surface area contributed by atoms with Gasteiger partial charge in [0.25, 0.3) is 0 Å². The molecule has 0 N–H and O–H groups in total. The number of benzene rings is 2. The molecular formula is C20H18FN3S. The van der Waals surface area contributed by atoms with E-state index in [1.807, 2.05) is 36.8 Å². The minimum absolute atomic E-state index is 0.256. The number of halogens is 1. The molecule has 0 bridgehead atoms.